The Morgan fingerprint density at radius 3 is 2.50 bits per heavy atom. The van der Waals surface area contributed by atoms with Crippen molar-refractivity contribution in [3.8, 4) is 5.75 Å². The molecule has 1 aromatic heterocycles. The van der Waals surface area contributed by atoms with Crippen molar-refractivity contribution in [2.24, 2.45) is 0 Å². The van der Waals surface area contributed by atoms with E-state index in [2.05, 4.69) is 0 Å². The van der Waals surface area contributed by atoms with Crippen LogP contribution in [0.2, 0.25) is 0 Å². The van der Waals surface area contributed by atoms with Crippen LogP contribution in [-0.2, 0) is 6.54 Å². The van der Waals surface area contributed by atoms with E-state index in [1.165, 1.54) is 6.08 Å². The largest absolute Gasteiger partial charge is 0.506 e. The molecular formula is C22H21NO3. The van der Waals surface area contributed by atoms with E-state index in [-0.39, 0.29) is 11.3 Å². The van der Waals surface area contributed by atoms with Crippen molar-refractivity contribution in [2.75, 3.05) is 0 Å². The molecule has 3 aromatic rings. The lowest BCUT2D eigenvalue weighted by Crippen LogP contribution is -2.26. The van der Waals surface area contributed by atoms with Gasteiger partial charge in [0.05, 0.1) is 5.52 Å². The summed E-state index contributed by atoms with van der Waals surface area (Å²) >= 11 is 0. The molecule has 132 valence electrons. The molecule has 0 saturated heterocycles. The Kier molecular flexibility index (Phi) is 5.32. The van der Waals surface area contributed by atoms with Crippen molar-refractivity contribution in [1.82, 2.24) is 4.57 Å². The molecule has 0 atom stereocenters. The zero-order valence-corrected chi connectivity index (χ0v) is 14.7. The number of benzene rings is 2. The third kappa shape index (κ3) is 3.45. The number of aromatic nitrogens is 1. The van der Waals surface area contributed by atoms with E-state index in [9.17, 15) is 14.7 Å². The summed E-state index contributed by atoms with van der Waals surface area (Å²) in [6.07, 6.45) is 4.73. The molecule has 0 bridgehead atoms. The fourth-order valence-corrected chi connectivity index (χ4v) is 2.97. The van der Waals surface area contributed by atoms with E-state index in [4.69, 9.17) is 0 Å². The third-order valence-electron chi connectivity index (χ3n) is 4.35. The zero-order valence-electron chi connectivity index (χ0n) is 14.7. The van der Waals surface area contributed by atoms with E-state index < -0.39 is 11.3 Å². The van der Waals surface area contributed by atoms with Gasteiger partial charge in [-0.25, -0.2) is 0 Å². The van der Waals surface area contributed by atoms with Crippen LogP contribution >= 0.6 is 0 Å². The predicted octanol–water partition coefficient (Wildman–Crippen LogP) is 4.40. The van der Waals surface area contributed by atoms with Gasteiger partial charge in [0, 0.05) is 11.9 Å². The summed E-state index contributed by atoms with van der Waals surface area (Å²) in [6.45, 7) is 2.56. The van der Waals surface area contributed by atoms with Gasteiger partial charge in [-0.2, -0.15) is 0 Å². The number of unbranched alkanes of at least 4 members (excludes halogenated alkanes) is 1. The molecule has 0 radical (unpaired) electrons. The number of para-hydroxylation sites is 1. The Bertz CT molecular complexity index is 1020. The lowest BCUT2D eigenvalue weighted by atomic mass is 10.1. The van der Waals surface area contributed by atoms with Gasteiger partial charge < -0.3 is 9.67 Å². The molecule has 0 fully saturated rings. The van der Waals surface area contributed by atoms with E-state index in [1.807, 2.05) is 43.3 Å². The molecule has 1 heterocycles. The van der Waals surface area contributed by atoms with Gasteiger partial charge in [-0.1, -0.05) is 61.9 Å². The Hall–Kier alpha value is -3.14. The fraction of sp³-hybridized carbons (Fsp3) is 0.182. The molecule has 0 aliphatic rings. The van der Waals surface area contributed by atoms with E-state index >= 15 is 0 Å². The molecule has 0 unspecified atom stereocenters. The van der Waals surface area contributed by atoms with Crippen LogP contribution in [0.1, 0.15) is 35.7 Å². The van der Waals surface area contributed by atoms with E-state index in [0.717, 1.165) is 18.4 Å². The molecule has 0 spiro atoms. The summed E-state index contributed by atoms with van der Waals surface area (Å²) in [5.74, 6) is -0.742. The molecule has 26 heavy (non-hydrogen) atoms. The lowest BCUT2D eigenvalue weighted by Gasteiger charge is -2.13. The third-order valence-corrected chi connectivity index (χ3v) is 4.35. The van der Waals surface area contributed by atoms with Gasteiger partial charge in [-0.15, -0.1) is 0 Å². The fourth-order valence-electron chi connectivity index (χ4n) is 2.97. The van der Waals surface area contributed by atoms with Crippen LogP contribution in [-0.4, -0.2) is 15.5 Å². The van der Waals surface area contributed by atoms with Crippen molar-refractivity contribution >= 4 is 22.8 Å². The van der Waals surface area contributed by atoms with Crippen LogP contribution in [0.5, 0.6) is 5.75 Å². The summed E-state index contributed by atoms with van der Waals surface area (Å²) in [4.78, 5) is 25.6. The summed E-state index contributed by atoms with van der Waals surface area (Å²) in [5.41, 5.74) is 0.879. The molecular weight excluding hydrogens is 326 g/mol. The van der Waals surface area contributed by atoms with Crippen LogP contribution in [0.3, 0.4) is 0 Å². The molecule has 2 aromatic carbocycles. The number of aromatic hydroxyl groups is 1. The van der Waals surface area contributed by atoms with Gasteiger partial charge in [0.25, 0.3) is 5.56 Å². The van der Waals surface area contributed by atoms with E-state index in [1.54, 1.807) is 28.8 Å². The first-order valence-electron chi connectivity index (χ1n) is 8.75. The van der Waals surface area contributed by atoms with Crippen LogP contribution in [0.25, 0.3) is 17.0 Å². The molecule has 0 saturated carbocycles. The number of hydrogen-bond acceptors (Lipinski definition) is 3. The molecule has 1 N–H and O–H groups in total. The minimum atomic E-state index is -0.493. The van der Waals surface area contributed by atoms with Gasteiger partial charge in [-0.05, 0) is 30.2 Å². The molecule has 0 amide bonds. The van der Waals surface area contributed by atoms with Crippen LogP contribution in [0, 0.1) is 0 Å². The normalized spacial score (nSPS) is 11.3. The molecule has 4 nitrogen and oxygen atoms in total. The number of hydrogen-bond donors (Lipinski definition) is 1. The van der Waals surface area contributed by atoms with Crippen molar-refractivity contribution in [1.29, 1.82) is 0 Å². The number of aryl methyl sites for hydroxylation is 1. The minimum absolute atomic E-state index is 0.174. The second kappa shape index (κ2) is 7.83. The summed E-state index contributed by atoms with van der Waals surface area (Å²) in [7, 11) is 0. The van der Waals surface area contributed by atoms with Gasteiger partial charge >= 0.3 is 0 Å². The van der Waals surface area contributed by atoms with Crippen LogP contribution in [0.15, 0.2) is 65.5 Å². The van der Waals surface area contributed by atoms with Crippen LogP contribution < -0.4 is 5.56 Å². The first-order chi connectivity index (χ1) is 12.6. The molecule has 4 heteroatoms. The van der Waals surface area contributed by atoms with Crippen molar-refractivity contribution in [3.63, 3.8) is 0 Å². The van der Waals surface area contributed by atoms with Crippen LogP contribution in [0.4, 0.5) is 0 Å². The SMILES string of the molecule is CCCCn1c(=O)c(C(=O)/C=C/c2ccccc2)c(O)c2ccccc21. The second-order valence-electron chi connectivity index (χ2n) is 6.16. The molecule has 3 rings (SSSR count). The van der Waals surface area contributed by atoms with E-state index in [0.29, 0.717) is 17.4 Å². The number of fused-ring (bicyclic) bond motifs is 1. The number of pyridine rings is 1. The Morgan fingerprint density at radius 2 is 1.77 bits per heavy atom. The summed E-state index contributed by atoms with van der Waals surface area (Å²) in [5, 5.41) is 11.1. The Labute approximate surface area is 152 Å². The molecule has 0 aliphatic heterocycles. The predicted molar refractivity (Wildman–Crippen MR) is 105 cm³/mol. The smallest absolute Gasteiger partial charge is 0.266 e. The first kappa shape index (κ1) is 17.7. The second-order valence-corrected chi connectivity index (χ2v) is 6.16. The van der Waals surface area contributed by atoms with Gasteiger partial charge in [0.2, 0.25) is 0 Å². The first-order valence-corrected chi connectivity index (χ1v) is 8.75. The number of rotatable bonds is 6. The van der Waals surface area contributed by atoms with Gasteiger partial charge in [-0.3, -0.25) is 9.59 Å². The minimum Gasteiger partial charge on any atom is -0.506 e. The average molecular weight is 347 g/mol. The molecule has 0 aliphatic carbocycles. The van der Waals surface area contributed by atoms with Crippen molar-refractivity contribution < 1.29 is 9.90 Å². The number of allylic oxidation sites excluding steroid dienone is 1. The number of carbonyl (C=O) groups is 1. The maximum Gasteiger partial charge on any atom is 0.266 e. The van der Waals surface area contributed by atoms with Crippen molar-refractivity contribution in [2.45, 2.75) is 26.3 Å². The Balaban J connectivity index is 2.11. The quantitative estimate of drug-likeness (QED) is 0.531. The Morgan fingerprint density at radius 1 is 1.08 bits per heavy atom. The van der Waals surface area contributed by atoms with Crippen molar-refractivity contribution in [3.05, 3.63) is 82.2 Å². The number of ketones is 1. The highest BCUT2D eigenvalue weighted by molar-refractivity contribution is 6.11. The monoisotopic (exact) mass is 347 g/mol. The van der Waals surface area contributed by atoms with Gasteiger partial charge in [0.15, 0.2) is 5.78 Å². The maximum absolute atomic E-state index is 12.9. The summed E-state index contributed by atoms with van der Waals surface area (Å²) < 4.78 is 1.59. The average Bonchev–Trinajstić information content (AvgIpc) is 2.67. The standard InChI is InChI=1S/C22H21NO3/c1-2-3-15-23-18-12-8-7-11-17(18)21(25)20(22(23)26)19(24)14-13-16-9-5-4-6-10-16/h4-14,25H,2-3,15H2,1H3/b14-13+. The van der Waals surface area contributed by atoms with Gasteiger partial charge in [0.1, 0.15) is 11.3 Å². The summed E-state index contributed by atoms with van der Waals surface area (Å²) in [6, 6.07) is 16.5. The topological polar surface area (TPSA) is 59.3 Å². The lowest BCUT2D eigenvalue weighted by molar-refractivity contribution is 0.104. The zero-order chi connectivity index (χ0) is 18.5. The highest BCUT2D eigenvalue weighted by atomic mass is 16.3. The maximum atomic E-state index is 12.9. The number of nitrogens with zero attached hydrogens (tertiary/aromatic N) is 1. The number of carbonyl (C=O) groups excluding carboxylic acids is 1. The highest BCUT2D eigenvalue weighted by Gasteiger charge is 2.20. The highest BCUT2D eigenvalue weighted by Crippen LogP contribution is 2.27.